The van der Waals surface area contributed by atoms with Gasteiger partial charge in [-0.1, -0.05) is 109 Å². The Bertz CT molecular complexity index is 1470. The molecule has 0 amide bonds. The van der Waals surface area contributed by atoms with Gasteiger partial charge in [0.05, 0.1) is 22.5 Å². The predicted molar refractivity (Wildman–Crippen MR) is 223 cm³/mol. The topological polar surface area (TPSA) is 154 Å². The lowest BCUT2D eigenvalue weighted by molar-refractivity contribution is 0.303. The van der Waals surface area contributed by atoms with Gasteiger partial charge in [-0.2, -0.15) is 9.90 Å². The van der Waals surface area contributed by atoms with Crippen molar-refractivity contribution < 1.29 is 0 Å². The standard InChI is InChI=1S/C12H21N3.2C10H19N3.C9H18N4/c1-11(2,3)9-7-10(14-8-13-9)15-12(4,5)6;1-9(2,3)7-11-8(13-12-7)10(4,5)6;1-9(2,3)8-7-13(12-11-8)10(4,5)6;1-8(2,3)7-10-12-13(11-7)9(4,5)6/h7-8H,1-6H3,(H,13,14,15);1-6H3,(H,11,12,13);7H,1-6H3;1-6H3. The first-order valence-electron chi connectivity index (χ1n) is 19.1. The molecule has 54 heavy (non-hydrogen) atoms. The van der Waals surface area contributed by atoms with E-state index in [9.17, 15) is 0 Å². The number of aromatic nitrogens is 12. The minimum Gasteiger partial charge on any atom is -0.365 e. The Hall–Kier alpha value is -3.77. The van der Waals surface area contributed by atoms with E-state index in [1.54, 1.807) is 11.1 Å². The molecular weight excluding hydrogens is 675 g/mol. The normalized spacial score (nSPS) is 13.2. The van der Waals surface area contributed by atoms with Crippen molar-refractivity contribution in [3.8, 4) is 0 Å². The number of aromatic amines is 1. The summed E-state index contributed by atoms with van der Waals surface area (Å²) >= 11 is 0. The van der Waals surface area contributed by atoms with Gasteiger partial charge in [0.25, 0.3) is 0 Å². The molecule has 306 valence electrons. The second-order valence-corrected chi connectivity index (χ2v) is 22.2. The smallest absolute Gasteiger partial charge is 0.180 e. The molecule has 0 saturated carbocycles. The fourth-order valence-corrected chi connectivity index (χ4v) is 3.89. The first-order chi connectivity index (χ1) is 23.8. The number of hydrogen-bond acceptors (Lipinski definition) is 10. The Morgan fingerprint density at radius 1 is 0.537 bits per heavy atom. The zero-order valence-electron chi connectivity index (χ0n) is 38.7. The van der Waals surface area contributed by atoms with E-state index >= 15 is 0 Å². The van der Waals surface area contributed by atoms with E-state index in [0.717, 1.165) is 34.7 Å². The molecule has 0 aliphatic heterocycles. The zero-order valence-corrected chi connectivity index (χ0v) is 38.7. The van der Waals surface area contributed by atoms with E-state index in [1.165, 1.54) is 0 Å². The third-order valence-electron chi connectivity index (χ3n) is 7.44. The van der Waals surface area contributed by atoms with Gasteiger partial charge in [0.15, 0.2) is 11.6 Å². The first kappa shape index (κ1) is 48.2. The number of anilines is 1. The van der Waals surface area contributed by atoms with Crippen molar-refractivity contribution in [1.29, 1.82) is 0 Å². The maximum Gasteiger partial charge on any atom is 0.180 e. The lowest BCUT2D eigenvalue weighted by Crippen LogP contribution is -2.27. The summed E-state index contributed by atoms with van der Waals surface area (Å²) < 4.78 is 1.91. The monoisotopic (exact) mass is 752 g/mol. The van der Waals surface area contributed by atoms with Crippen LogP contribution in [0.15, 0.2) is 18.6 Å². The Balaban J connectivity index is 0.000000361. The summed E-state index contributed by atoms with van der Waals surface area (Å²) in [6.07, 6.45) is 3.65. The molecule has 0 saturated heterocycles. The number of tetrazole rings is 1. The maximum absolute atomic E-state index is 4.49. The molecule has 0 radical (unpaired) electrons. The van der Waals surface area contributed by atoms with Crippen LogP contribution in [0.5, 0.6) is 0 Å². The molecule has 2 N–H and O–H groups in total. The van der Waals surface area contributed by atoms with Crippen LogP contribution in [-0.4, -0.2) is 65.9 Å². The van der Waals surface area contributed by atoms with Gasteiger partial charge in [-0.05, 0) is 67.5 Å². The van der Waals surface area contributed by atoms with E-state index in [0.29, 0.717) is 0 Å². The van der Waals surface area contributed by atoms with Gasteiger partial charge in [-0.25, -0.2) is 19.6 Å². The number of rotatable bonds is 1. The van der Waals surface area contributed by atoms with Crippen LogP contribution >= 0.6 is 0 Å². The van der Waals surface area contributed by atoms with Crippen molar-refractivity contribution in [2.45, 2.75) is 210 Å². The van der Waals surface area contributed by atoms with Crippen LogP contribution in [0.3, 0.4) is 0 Å². The van der Waals surface area contributed by atoms with E-state index in [1.807, 2.05) is 16.9 Å². The Morgan fingerprint density at radius 3 is 1.35 bits per heavy atom. The summed E-state index contributed by atoms with van der Waals surface area (Å²) in [7, 11) is 0. The summed E-state index contributed by atoms with van der Waals surface area (Å²) in [6.45, 7) is 50.7. The molecule has 0 spiro atoms. The number of nitrogens with zero attached hydrogens (tertiary/aromatic N) is 11. The summed E-state index contributed by atoms with van der Waals surface area (Å²) in [4.78, 5) is 14.7. The first-order valence-corrected chi connectivity index (χ1v) is 19.1. The molecule has 13 heteroatoms. The molecule has 4 aromatic heterocycles. The van der Waals surface area contributed by atoms with E-state index in [-0.39, 0.29) is 43.7 Å². The average molecular weight is 752 g/mol. The SMILES string of the molecule is CC(C)(C)Nc1cc(C(C)(C)C)ncn1.CC(C)(C)c1cn(C(C)(C)C)nn1.CC(C)(C)c1n[nH]c(C(C)(C)C)n1.CC(C)(C)c1nnn(C(C)(C)C)n1. The molecule has 0 aliphatic rings. The minimum absolute atomic E-state index is 0.0243. The Morgan fingerprint density at radius 2 is 1.06 bits per heavy atom. The molecular formula is C41H77N13. The van der Waals surface area contributed by atoms with Crippen LogP contribution in [0.2, 0.25) is 0 Å². The van der Waals surface area contributed by atoms with Gasteiger partial charge < -0.3 is 5.32 Å². The molecule has 0 aromatic carbocycles. The van der Waals surface area contributed by atoms with Gasteiger partial charge >= 0.3 is 0 Å². The molecule has 0 atom stereocenters. The highest BCUT2D eigenvalue weighted by Gasteiger charge is 2.26. The number of H-pyrrole nitrogens is 1. The molecule has 0 aliphatic carbocycles. The molecule has 13 nitrogen and oxygen atoms in total. The van der Waals surface area contributed by atoms with Crippen molar-refractivity contribution in [1.82, 2.24) is 60.4 Å². The lowest BCUT2D eigenvalue weighted by Gasteiger charge is -2.23. The van der Waals surface area contributed by atoms with Crippen LogP contribution in [0.4, 0.5) is 5.82 Å². The zero-order chi connectivity index (χ0) is 42.5. The van der Waals surface area contributed by atoms with Crippen molar-refractivity contribution in [2.75, 3.05) is 5.32 Å². The molecule has 0 bridgehead atoms. The average Bonchev–Trinajstić information content (AvgIpc) is 3.72. The molecule has 4 aromatic rings. The lowest BCUT2D eigenvalue weighted by atomic mass is 9.92. The van der Waals surface area contributed by atoms with E-state index in [4.69, 9.17) is 0 Å². The van der Waals surface area contributed by atoms with Gasteiger partial charge in [0.1, 0.15) is 18.0 Å². The van der Waals surface area contributed by atoms with E-state index in [2.05, 4.69) is 222 Å². The fraction of sp³-hybridized carbons (Fsp3) is 0.780. The second kappa shape index (κ2) is 16.9. The summed E-state index contributed by atoms with van der Waals surface area (Å²) in [6, 6.07) is 2.02. The predicted octanol–water partition coefficient (Wildman–Crippen LogP) is 9.44. The molecule has 0 unspecified atom stereocenters. The van der Waals surface area contributed by atoms with Crippen LogP contribution in [0.25, 0.3) is 0 Å². The highest BCUT2D eigenvalue weighted by atomic mass is 15.6. The van der Waals surface area contributed by atoms with Crippen molar-refractivity contribution in [3.05, 3.63) is 47.5 Å². The van der Waals surface area contributed by atoms with E-state index < -0.39 is 0 Å². The third-order valence-corrected chi connectivity index (χ3v) is 7.44. The summed E-state index contributed by atoms with van der Waals surface area (Å²) in [5.74, 6) is 3.53. The third kappa shape index (κ3) is 16.7. The number of nitrogens with one attached hydrogen (secondary N) is 2. The molecule has 4 heterocycles. The van der Waals surface area contributed by atoms with Gasteiger partial charge in [-0.3, -0.25) is 5.10 Å². The Kier molecular flexibility index (Phi) is 15.1. The van der Waals surface area contributed by atoms with Crippen molar-refractivity contribution in [3.63, 3.8) is 0 Å². The molecule has 0 fully saturated rings. The molecule has 4 rings (SSSR count). The summed E-state index contributed by atoms with van der Waals surface area (Å²) in [5, 5.41) is 31.3. The van der Waals surface area contributed by atoms with Gasteiger partial charge in [0.2, 0.25) is 0 Å². The highest BCUT2D eigenvalue weighted by molar-refractivity contribution is 5.38. The van der Waals surface area contributed by atoms with Crippen LogP contribution in [0, 0.1) is 0 Å². The highest BCUT2D eigenvalue weighted by Crippen LogP contribution is 2.25. The van der Waals surface area contributed by atoms with Crippen LogP contribution < -0.4 is 5.32 Å². The second-order valence-electron chi connectivity index (χ2n) is 22.2. The van der Waals surface area contributed by atoms with Crippen LogP contribution in [0.1, 0.15) is 195 Å². The quantitative estimate of drug-likeness (QED) is 0.192. The minimum atomic E-state index is -0.0868. The van der Waals surface area contributed by atoms with Crippen molar-refractivity contribution in [2.24, 2.45) is 0 Å². The van der Waals surface area contributed by atoms with Gasteiger partial charge in [0, 0.05) is 44.9 Å². The van der Waals surface area contributed by atoms with Gasteiger partial charge in [-0.15, -0.1) is 15.3 Å². The fourth-order valence-electron chi connectivity index (χ4n) is 3.89. The summed E-state index contributed by atoms with van der Waals surface area (Å²) in [5.41, 5.74) is 2.28. The largest absolute Gasteiger partial charge is 0.365 e. The Labute approximate surface area is 328 Å². The maximum atomic E-state index is 4.49. The van der Waals surface area contributed by atoms with Crippen LogP contribution in [-0.2, 0) is 38.2 Å². The van der Waals surface area contributed by atoms with Crippen molar-refractivity contribution >= 4 is 5.82 Å². The number of hydrogen-bond donors (Lipinski definition) is 2.